The molecule has 0 fully saturated rings. The monoisotopic (exact) mass is 429 g/mol. The van der Waals surface area contributed by atoms with Crippen molar-refractivity contribution in [1.29, 1.82) is 0 Å². The molecular formula is C26H23NO5. The molecule has 32 heavy (non-hydrogen) atoms. The van der Waals surface area contributed by atoms with E-state index >= 15 is 0 Å². The van der Waals surface area contributed by atoms with Gasteiger partial charge in [-0.15, -0.1) is 0 Å². The van der Waals surface area contributed by atoms with Gasteiger partial charge in [0.15, 0.2) is 18.1 Å². The molecule has 0 aromatic heterocycles. The average molecular weight is 429 g/mol. The maximum Gasteiger partial charge on any atom is 0.330 e. The standard InChI is InChI=1S/C26H23NO5/c1-30-23-15-17(12-14-25(29)31-2)11-13-22(23)32-16-24(28)27-26-20-9-5-3-7-18(20)19-8-4-6-10-21(19)26/h3-15,26H,16H2,1-2H3,(H,27,28)/b14-12+. The number of hydrogen-bond donors (Lipinski definition) is 1. The summed E-state index contributed by atoms with van der Waals surface area (Å²) >= 11 is 0. The van der Waals surface area contributed by atoms with E-state index in [2.05, 4.69) is 22.2 Å². The molecule has 0 unspecified atom stereocenters. The zero-order valence-electron chi connectivity index (χ0n) is 17.8. The molecule has 1 amide bonds. The van der Waals surface area contributed by atoms with Gasteiger partial charge >= 0.3 is 5.97 Å². The fourth-order valence-electron chi connectivity index (χ4n) is 3.80. The van der Waals surface area contributed by atoms with Gasteiger partial charge in [-0.05, 0) is 46.0 Å². The zero-order chi connectivity index (χ0) is 22.5. The number of fused-ring (bicyclic) bond motifs is 3. The third-order valence-electron chi connectivity index (χ3n) is 5.30. The van der Waals surface area contributed by atoms with Crippen molar-refractivity contribution < 1.29 is 23.8 Å². The van der Waals surface area contributed by atoms with Crippen LogP contribution in [0.2, 0.25) is 0 Å². The molecule has 6 heteroatoms. The Morgan fingerprint density at radius 2 is 1.56 bits per heavy atom. The second kappa shape index (κ2) is 9.39. The number of amides is 1. The summed E-state index contributed by atoms with van der Waals surface area (Å²) in [6.45, 7) is -0.158. The molecule has 0 atom stereocenters. The first-order valence-electron chi connectivity index (χ1n) is 10.1. The molecule has 0 heterocycles. The highest BCUT2D eigenvalue weighted by Gasteiger charge is 2.29. The van der Waals surface area contributed by atoms with Gasteiger partial charge in [-0.2, -0.15) is 0 Å². The lowest BCUT2D eigenvalue weighted by Gasteiger charge is -2.17. The molecule has 1 aliphatic carbocycles. The maximum absolute atomic E-state index is 12.7. The lowest BCUT2D eigenvalue weighted by atomic mass is 10.1. The van der Waals surface area contributed by atoms with Crippen LogP contribution in [0.5, 0.6) is 11.5 Å². The highest BCUT2D eigenvalue weighted by atomic mass is 16.5. The zero-order valence-corrected chi connectivity index (χ0v) is 17.8. The second-order valence-electron chi connectivity index (χ2n) is 7.23. The first-order valence-corrected chi connectivity index (χ1v) is 10.1. The summed E-state index contributed by atoms with van der Waals surface area (Å²) < 4.78 is 15.7. The first kappa shape index (κ1) is 21.2. The van der Waals surface area contributed by atoms with E-state index in [4.69, 9.17) is 9.47 Å². The molecule has 6 nitrogen and oxygen atoms in total. The van der Waals surface area contributed by atoms with Crippen molar-refractivity contribution in [2.45, 2.75) is 6.04 Å². The van der Waals surface area contributed by atoms with Gasteiger partial charge in [-0.3, -0.25) is 4.79 Å². The molecule has 0 bridgehead atoms. The van der Waals surface area contributed by atoms with E-state index in [9.17, 15) is 9.59 Å². The van der Waals surface area contributed by atoms with Crippen LogP contribution in [0.4, 0.5) is 0 Å². The van der Waals surface area contributed by atoms with Crippen LogP contribution in [0.25, 0.3) is 17.2 Å². The first-order chi connectivity index (χ1) is 15.6. The Hall–Kier alpha value is -4.06. The Morgan fingerprint density at radius 1 is 0.906 bits per heavy atom. The van der Waals surface area contributed by atoms with E-state index in [1.807, 2.05) is 36.4 Å². The number of nitrogens with one attached hydrogen (secondary N) is 1. The Morgan fingerprint density at radius 3 is 2.19 bits per heavy atom. The van der Waals surface area contributed by atoms with E-state index in [1.165, 1.54) is 20.3 Å². The number of benzene rings is 3. The van der Waals surface area contributed by atoms with Crippen LogP contribution in [0.1, 0.15) is 22.7 Å². The van der Waals surface area contributed by atoms with Gasteiger partial charge in [0.25, 0.3) is 5.91 Å². The average Bonchev–Trinajstić information content (AvgIpc) is 3.15. The summed E-state index contributed by atoms with van der Waals surface area (Å²) in [7, 11) is 2.83. The Bertz CT molecular complexity index is 1140. The molecule has 1 N–H and O–H groups in total. The summed E-state index contributed by atoms with van der Waals surface area (Å²) in [6, 6.07) is 21.1. The Kier molecular flexibility index (Phi) is 6.22. The smallest absolute Gasteiger partial charge is 0.330 e. The minimum atomic E-state index is -0.448. The van der Waals surface area contributed by atoms with E-state index in [0.29, 0.717) is 11.5 Å². The summed E-state index contributed by atoms with van der Waals surface area (Å²) in [5, 5.41) is 3.08. The molecule has 4 rings (SSSR count). The molecule has 3 aromatic rings. The van der Waals surface area contributed by atoms with Crippen LogP contribution < -0.4 is 14.8 Å². The lowest BCUT2D eigenvalue weighted by molar-refractivity contribution is -0.134. The van der Waals surface area contributed by atoms with Gasteiger partial charge in [0.1, 0.15) is 0 Å². The summed E-state index contributed by atoms with van der Waals surface area (Å²) in [5.41, 5.74) is 5.14. The number of methoxy groups -OCH3 is 2. The summed E-state index contributed by atoms with van der Waals surface area (Å²) in [4.78, 5) is 24.0. The highest BCUT2D eigenvalue weighted by Crippen LogP contribution is 2.43. The molecule has 0 saturated carbocycles. The van der Waals surface area contributed by atoms with Crippen molar-refractivity contribution in [3.63, 3.8) is 0 Å². The van der Waals surface area contributed by atoms with Gasteiger partial charge in [0, 0.05) is 6.08 Å². The van der Waals surface area contributed by atoms with E-state index < -0.39 is 5.97 Å². The summed E-state index contributed by atoms with van der Waals surface area (Å²) in [5.74, 6) is 0.209. The second-order valence-corrected chi connectivity index (χ2v) is 7.23. The van der Waals surface area contributed by atoms with Crippen molar-refractivity contribution in [1.82, 2.24) is 5.32 Å². The third kappa shape index (κ3) is 4.34. The Labute approximate surface area is 186 Å². The topological polar surface area (TPSA) is 73.9 Å². The molecule has 0 saturated heterocycles. The predicted octanol–water partition coefficient (Wildman–Crippen LogP) is 4.15. The van der Waals surface area contributed by atoms with Gasteiger partial charge in [0.2, 0.25) is 0 Å². The quantitative estimate of drug-likeness (QED) is 0.451. The van der Waals surface area contributed by atoms with Crippen molar-refractivity contribution in [2.75, 3.05) is 20.8 Å². The van der Waals surface area contributed by atoms with E-state index in [0.717, 1.165) is 27.8 Å². The molecule has 3 aromatic carbocycles. The number of carbonyl (C=O) groups is 2. The fraction of sp³-hybridized carbons (Fsp3) is 0.154. The number of rotatable bonds is 7. The van der Waals surface area contributed by atoms with E-state index in [1.54, 1.807) is 24.3 Å². The molecular weight excluding hydrogens is 406 g/mol. The molecule has 162 valence electrons. The normalized spacial score (nSPS) is 12.2. The van der Waals surface area contributed by atoms with Gasteiger partial charge in [-0.1, -0.05) is 54.6 Å². The van der Waals surface area contributed by atoms with Crippen LogP contribution >= 0.6 is 0 Å². The molecule has 0 radical (unpaired) electrons. The van der Waals surface area contributed by atoms with Crippen LogP contribution in [0.15, 0.2) is 72.8 Å². The maximum atomic E-state index is 12.7. The van der Waals surface area contributed by atoms with Gasteiger partial charge < -0.3 is 19.5 Å². The predicted molar refractivity (Wildman–Crippen MR) is 121 cm³/mol. The van der Waals surface area contributed by atoms with Crippen molar-refractivity contribution in [3.8, 4) is 22.6 Å². The third-order valence-corrected chi connectivity index (χ3v) is 5.30. The SMILES string of the molecule is COC(=O)/C=C/c1ccc(OCC(=O)NC2c3ccccc3-c3ccccc32)c(OC)c1. The van der Waals surface area contributed by atoms with Crippen molar-refractivity contribution in [2.24, 2.45) is 0 Å². The molecule has 0 spiro atoms. The van der Waals surface area contributed by atoms with Crippen molar-refractivity contribution in [3.05, 3.63) is 89.5 Å². The fourth-order valence-corrected chi connectivity index (χ4v) is 3.80. The number of carbonyl (C=O) groups excluding carboxylic acids is 2. The van der Waals surface area contributed by atoms with Crippen molar-refractivity contribution >= 4 is 18.0 Å². The largest absolute Gasteiger partial charge is 0.493 e. The van der Waals surface area contributed by atoms with E-state index in [-0.39, 0.29) is 18.6 Å². The van der Waals surface area contributed by atoms with Crippen LogP contribution in [-0.4, -0.2) is 32.7 Å². The number of esters is 1. The number of hydrogen-bond acceptors (Lipinski definition) is 5. The highest BCUT2D eigenvalue weighted by molar-refractivity contribution is 5.87. The van der Waals surface area contributed by atoms with Crippen LogP contribution in [0, 0.1) is 0 Å². The van der Waals surface area contributed by atoms with Gasteiger partial charge in [0.05, 0.1) is 20.3 Å². The minimum absolute atomic E-state index is 0.158. The lowest BCUT2D eigenvalue weighted by Crippen LogP contribution is -2.32. The molecule has 0 aliphatic heterocycles. The summed E-state index contributed by atoms with van der Waals surface area (Å²) in [6.07, 6.45) is 2.93. The molecule has 1 aliphatic rings. The van der Waals surface area contributed by atoms with Crippen LogP contribution in [0.3, 0.4) is 0 Å². The minimum Gasteiger partial charge on any atom is -0.493 e. The van der Waals surface area contributed by atoms with Crippen LogP contribution in [-0.2, 0) is 14.3 Å². The number of ether oxygens (including phenoxy) is 3. The van der Waals surface area contributed by atoms with Gasteiger partial charge in [-0.25, -0.2) is 4.79 Å². The Balaban J connectivity index is 1.45.